The maximum absolute atomic E-state index is 12.3. The zero-order chi connectivity index (χ0) is 21.6. The van der Waals surface area contributed by atoms with Crippen molar-refractivity contribution in [3.05, 3.63) is 49.6 Å². The van der Waals surface area contributed by atoms with Crippen molar-refractivity contribution in [2.75, 3.05) is 6.61 Å². The number of ether oxygens (including phenoxy) is 1. The summed E-state index contributed by atoms with van der Waals surface area (Å²) in [4.78, 5) is 41.3. The number of carbonyl (C=O) groups excluding carboxylic acids is 1. The number of nitrogens with one attached hydrogen (secondary N) is 1. The minimum absolute atomic E-state index is 0.00661. The number of imidazole rings is 1. The second kappa shape index (κ2) is 7.80. The molecule has 3 aromatic heterocycles. The number of fused-ring (bicyclic) bond motifs is 1. The fourth-order valence-electron chi connectivity index (χ4n) is 3.58. The Bertz CT molecular complexity index is 1200. The first-order valence-corrected chi connectivity index (χ1v) is 10.1. The lowest BCUT2D eigenvalue weighted by molar-refractivity contribution is -0.152. The van der Waals surface area contributed by atoms with Gasteiger partial charge in [0.2, 0.25) is 0 Å². The molecule has 4 atom stereocenters. The van der Waals surface area contributed by atoms with Crippen molar-refractivity contribution < 1.29 is 19.7 Å². The van der Waals surface area contributed by atoms with Crippen molar-refractivity contribution in [1.82, 2.24) is 24.0 Å². The molecule has 3 aromatic rings. The molecular weight excluding hydrogens is 414 g/mol. The molecule has 0 aliphatic carbocycles. The van der Waals surface area contributed by atoms with Crippen LogP contribution in [0, 0.1) is 0 Å². The number of aryl methyl sites for hydroxylation is 1. The molecule has 160 valence electrons. The van der Waals surface area contributed by atoms with Gasteiger partial charge in [-0.05, 0) is 11.4 Å². The minimum Gasteiger partial charge on any atom is -0.388 e. The molecule has 4 heterocycles. The third-order valence-corrected chi connectivity index (χ3v) is 6.15. The fraction of sp³-hybridized carbons (Fsp3) is 0.444. The summed E-state index contributed by atoms with van der Waals surface area (Å²) >= 11 is 1.27. The number of hydrogen-bond acceptors (Lipinski definition) is 8. The summed E-state index contributed by atoms with van der Waals surface area (Å²) in [6, 6.07) is 2.63. The average molecular weight is 435 g/mol. The van der Waals surface area contributed by atoms with Crippen LogP contribution in [0.4, 0.5) is 0 Å². The molecule has 4 rings (SSSR count). The molecule has 11 nitrogen and oxygen atoms in total. The number of rotatable bonds is 4. The molecule has 12 heteroatoms. The minimum atomic E-state index is -1.30. The predicted molar refractivity (Wildman–Crippen MR) is 108 cm³/mol. The number of carbonyl (C=O) groups is 1. The van der Waals surface area contributed by atoms with Gasteiger partial charge in [-0.2, -0.15) is 0 Å². The highest BCUT2D eigenvalue weighted by atomic mass is 32.1. The van der Waals surface area contributed by atoms with Crippen molar-refractivity contribution in [2.24, 2.45) is 14.1 Å². The van der Waals surface area contributed by atoms with E-state index in [4.69, 9.17) is 4.74 Å². The molecule has 1 fully saturated rings. The monoisotopic (exact) mass is 435 g/mol. The van der Waals surface area contributed by atoms with Gasteiger partial charge in [0.15, 0.2) is 5.52 Å². The number of hydrogen-bond donors (Lipinski definition) is 3. The normalized spacial score (nSPS) is 24.3. The summed E-state index contributed by atoms with van der Waals surface area (Å²) in [6.07, 6.45) is -1.99. The fourth-order valence-corrected chi connectivity index (χ4v) is 4.21. The topological polar surface area (TPSA) is 141 Å². The molecule has 0 spiro atoms. The molecule has 1 amide bonds. The van der Waals surface area contributed by atoms with Gasteiger partial charge < -0.3 is 24.8 Å². The first kappa shape index (κ1) is 20.5. The number of amides is 1. The first-order valence-electron chi connectivity index (χ1n) is 9.22. The Labute approximate surface area is 173 Å². The van der Waals surface area contributed by atoms with Gasteiger partial charge in [-0.1, -0.05) is 6.07 Å². The van der Waals surface area contributed by atoms with Crippen LogP contribution in [0.1, 0.15) is 9.67 Å². The largest absolute Gasteiger partial charge is 0.388 e. The van der Waals surface area contributed by atoms with Gasteiger partial charge in [-0.15, -0.1) is 11.3 Å². The van der Waals surface area contributed by atoms with Crippen LogP contribution in [0.3, 0.4) is 0 Å². The standard InChI is InChI=1S/C18H21N5O6S/c1-21-16-12(17(27)22(2)18(21)28)19-8-23(16)6-10-14(25)13(24)9(7-29-10)20-15(26)11-4-3-5-30-11/h3-5,8-10,13-14,24-25H,6-7H2,1-2H3,(H,20,26)/t9-,10-,13+,14-/m1/s1. The van der Waals surface area contributed by atoms with Gasteiger partial charge >= 0.3 is 5.69 Å². The van der Waals surface area contributed by atoms with Crippen LogP contribution in [0.15, 0.2) is 33.4 Å². The predicted octanol–water partition coefficient (Wildman–Crippen LogP) is -1.59. The van der Waals surface area contributed by atoms with Gasteiger partial charge in [0.05, 0.1) is 30.4 Å². The average Bonchev–Trinajstić information content (AvgIpc) is 3.40. The van der Waals surface area contributed by atoms with Gasteiger partial charge in [-0.25, -0.2) is 9.78 Å². The zero-order valence-electron chi connectivity index (χ0n) is 16.3. The zero-order valence-corrected chi connectivity index (χ0v) is 17.1. The number of aliphatic hydroxyl groups excluding tert-OH is 2. The highest BCUT2D eigenvalue weighted by Crippen LogP contribution is 2.20. The summed E-state index contributed by atoms with van der Waals surface area (Å²) in [6.45, 7) is 0.0497. The van der Waals surface area contributed by atoms with E-state index in [1.807, 2.05) is 0 Å². The highest BCUT2D eigenvalue weighted by molar-refractivity contribution is 7.12. The first-order chi connectivity index (χ1) is 14.3. The third-order valence-electron chi connectivity index (χ3n) is 5.28. The van der Waals surface area contributed by atoms with Crippen LogP contribution < -0.4 is 16.6 Å². The molecule has 0 saturated carbocycles. The second-order valence-electron chi connectivity index (χ2n) is 7.19. The molecule has 30 heavy (non-hydrogen) atoms. The molecule has 1 saturated heterocycles. The van der Waals surface area contributed by atoms with Gasteiger partial charge in [0.25, 0.3) is 11.5 Å². The summed E-state index contributed by atoms with van der Waals surface area (Å²) in [7, 11) is 2.89. The number of aromatic nitrogens is 4. The number of thiophene rings is 1. The van der Waals surface area contributed by atoms with E-state index in [0.29, 0.717) is 10.5 Å². The van der Waals surface area contributed by atoms with Crippen LogP contribution in [-0.4, -0.2) is 65.8 Å². The Kier molecular flexibility index (Phi) is 5.32. The molecule has 1 aliphatic heterocycles. The maximum Gasteiger partial charge on any atom is 0.332 e. The Balaban J connectivity index is 1.53. The number of nitrogens with zero attached hydrogens (tertiary/aromatic N) is 4. The maximum atomic E-state index is 12.3. The van der Waals surface area contributed by atoms with E-state index in [1.165, 1.54) is 40.9 Å². The summed E-state index contributed by atoms with van der Waals surface area (Å²) < 4.78 is 9.49. The third kappa shape index (κ3) is 3.37. The molecule has 0 aromatic carbocycles. The Morgan fingerprint density at radius 1 is 1.30 bits per heavy atom. The Morgan fingerprint density at radius 3 is 2.77 bits per heavy atom. The SMILES string of the molecule is Cn1c(=O)c2ncn(C[C@H]3OC[C@@H](NC(=O)c4cccs4)[C@H](O)[C@@H]3O)c2n(C)c1=O. The molecule has 1 aliphatic rings. The van der Waals surface area contributed by atoms with E-state index < -0.39 is 35.6 Å². The summed E-state index contributed by atoms with van der Waals surface area (Å²) in [5, 5.41) is 25.5. The van der Waals surface area contributed by atoms with Gasteiger partial charge in [0, 0.05) is 14.1 Å². The van der Waals surface area contributed by atoms with Crippen LogP contribution in [-0.2, 0) is 25.4 Å². The molecular formula is C18H21N5O6S. The van der Waals surface area contributed by atoms with Gasteiger partial charge in [-0.3, -0.25) is 18.7 Å². The smallest absolute Gasteiger partial charge is 0.332 e. The van der Waals surface area contributed by atoms with E-state index in [0.717, 1.165) is 4.57 Å². The van der Waals surface area contributed by atoms with Crippen molar-refractivity contribution in [2.45, 2.75) is 30.9 Å². The van der Waals surface area contributed by atoms with Crippen LogP contribution in [0.5, 0.6) is 0 Å². The van der Waals surface area contributed by atoms with E-state index in [9.17, 15) is 24.6 Å². The van der Waals surface area contributed by atoms with Crippen LogP contribution >= 0.6 is 11.3 Å². The van der Waals surface area contributed by atoms with Crippen molar-refractivity contribution in [3.63, 3.8) is 0 Å². The molecule has 0 bridgehead atoms. The molecule has 3 N–H and O–H groups in total. The van der Waals surface area contributed by atoms with Gasteiger partial charge in [0.1, 0.15) is 24.0 Å². The van der Waals surface area contributed by atoms with Crippen LogP contribution in [0.2, 0.25) is 0 Å². The van der Waals surface area contributed by atoms with E-state index in [1.54, 1.807) is 17.5 Å². The Morgan fingerprint density at radius 2 is 2.07 bits per heavy atom. The van der Waals surface area contributed by atoms with Crippen LogP contribution in [0.25, 0.3) is 11.2 Å². The Hall–Kier alpha value is -2.80. The lowest BCUT2D eigenvalue weighted by Crippen LogP contribution is -2.59. The van der Waals surface area contributed by atoms with Crippen molar-refractivity contribution in [1.29, 1.82) is 0 Å². The molecule has 0 unspecified atom stereocenters. The van der Waals surface area contributed by atoms with E-state index in [-0.39, 0.29) is 24.6 Å². The van der Waals surface area contributed by atoms with E-state index in [2.05, 4.69) is 10.3 Å². The molecule has 0 radical (unpaired) electrons. The lowest BCUT2D eigenvalue weighted by atomic mass is 9.97. The highest BCUT2D eigenvalue weighted by Gasteiger charge is 2.39. The summed E-state index contributed by atoms with van der Waals surface area (Å²) in [5.41, 5.74) is -0.614. The number of aliphatic hydroxyl groups is 2. The summed E-state index contributed by atoms with van der Waals surface area (Å²) in [5.74, 6) is -0.352. The second-order valence-corrected chi connectivity index (χ2v) is 8.13. The lowest BCUT2D eigenvalue weighted by Gasteiger charge is -2.38. The van der Waals surface area contributed by atoms with Crippen molar-refractivity contribution >= 4 is 28.4 Å². The van der Waals surface area contributed by atoms with Crippen molar-refractivity contribution in [3.8, 4) is 0 Å². The van der Waals surface area contributed by atoms with E-state index >= 15 is 0 Å². The quantitative estimate of drug-likeness (QED) is 0.449.